The standard InChI is InChI=1S/C19H29NO3/c1-12(2)7-14-11-20-6-5-13-8-18(22-3)19(23-4)9-15(13)16(20)10-17(14)21/h8-9,12,14,16-17,21H,5-7,10-11H2,1-4H3/i1D3,5D2,6D2,7D2,10D2,11D2,12D,14D,16D,17D. The van der Waals surface area contributed by atoms with E-state index in [0.29, 0.717) is 6.92 Å². The maximum Gasteiger partial charge on any atom is 0.161 e. The van der Waals surface area contributed by atoms with Crippen molar-refractivity contribution in [3.05, 3.63) is 23.3 Å². The molecule has 4 unspecified atom stereocenters. The van der Waals surface area contributed by atoms with Crippen molar-refractivity contribution in [2.75, 3.05) is 27.2 Å². The zero-order valence-corrected chi connectivity index (χ0v) is 12.9. The normalized spacial score (nSPS) is 60.4. The van der Waals surface area contributed by atoms with Crippen molar-refractivity contribution in [2.45, 2.75) is 45.0 Å². The van der Waals surface area contributed by atoms with Crippen molar-refractivity contribution in [1.29, 1.82) is 0 Å². The lowest BCUT2D eigenvalue weighted by Crippen LogP contribution is -2.48. The minimum atomic E-state index is -4.41. The lowest BCUT2D eigenvalue weighted by Gasteiger charge is -2.46. The maximum absolute atomic E-state index is 11.4. The third-order valence-corrected chi connectivity index (χ3v) is 3.31. The Balaban J connectivity index is 2.62. The monoisotopic (exact) mass is 336 g/mol. The molecule has 0 saturated carbocycles. The zero-order valence-electron chi connectivity index (χ0n) is 29.9. The minimum absolute atomic E-state index is 0.188. The van der Waals surface area contributed by atoms with Crippen LogP contribution in [0.15, 0.2) is 12.1 Å². The van der Waals surface area contributed by atoms with Gasteiger partial charge in [-0.25, -0.2) is 0 Å². The Morgan fingerprint density at radius 2 is 2.26 bits per heavy atom. The highest BCUT2D eigenvalue weighted by molar-refractivity contribution is 5.49. The summed E-state index contributed by atoms with van der Waals surface area (Å²) in [6.45, 7) is -11.3. The van der Waals surface area contributed by atoms with Crippen molar-refractivity contribution in [3.63, 3.8) is 0 Å². The van der Waals surface area contributed by atoms with Crippen molar-refractivity contribution in [1.82, 2.24) is 4.90 Å². The highest BCUT2D eigenvalue weighted by atomic mass is 16.5. The van der Waals surface area contributed by atoms with E-state index < -0.39 is 78.9 Å². The van der Waals surface area contributed by atoms with Gasteiger partial charge in [0.1, 0.15) is 0 Å². The van der Waals surface area contributed by atoms with Gasteiger partial charge in [-0.05, 0) is 54.2 Å². The molecular weight excluding hydrogens is 290 g/mol. The Bertz CT molecular complexity index is 1210. The SMILES string of the molecule is [2H]C([2H])([2H])C([2H])(C)C([2H])([2H])C1([2H])C([2H])([2H])N2C([2H])([2H])C([2H])([2H])c3cc(OC)c(OC)cc3C2([2H])C([2H])([2H])C1([2H])O. The first-order valence-electron chi connectivity index (χ1n) is 15.3. The molecule has 1 aromatic carbocycles. The van der Waals surface area contributed by atoms with Crippen LogP contribution in [0.5, 0.6) is 11.5 Å². The number of methoxy groups -OCH3 is 2. The van der Waals surface area contributed by atoms with E-state index >= 15 is 0 Å². The maximum atomic E-state index is 11.4. The van der Waals surface area contributed by atoms with E-state index in [1.807, 2.05) is 0 Å². The largest absolute Gasteiger partial charge is 0.493 e. The summed E-state index contributed by atoms with van der Waals surface area (Å²) in [5, 5.41) is 11.4. The van der Waals surface area contributed by atoms with E-state index in [0.717, 1.165) is 26.4 Å². The summed E-state index contributed by atoms with van der Waals surface area (Å²) in [4.78, 5) is -0.426. The Hall–Kier alpha value is -1.26. The topological polar surface area (TPSA) is 41.9 Å². The Kier molecular flexibility index (Phi) is 1.64. The molecule has 23 heavy (non-hydrogen) atoms. The predicted octanol–water partition coefficient (Wildman–Crippen LogP) is 3.03. The fourth-order valence-electron chi connectivity index (χ4n) is 2.29. The van der Waals surface area contributed by atoms with E-state index in [4.69, 9.17) is 31.4 Å². The average Bonchev–Trinajstić information content (AvgIpc) is 2.79. The molecule has 0 bridgehead atoms. The predicted molar refractivity (Wildman–Crippen MR) is 91.1 cm³/mol. The van der Waals surface area contributed by atoms with E-state index in [1.54, 1.807) is 0 Å². The quantitative estimate of drug-likeness (QED) is 0.918. The van der Waals surface area contributed by atoms with Gasteiger partial charge in [0, 0.05) is 39.6 Å². The van der Waals surface area contributed by atoms with Crippen LogP contribution >= 0.6 is 0 Å². The summed E-state index contributed by atoms with van der Waals surface area (Å²) in [5.41, 5.74) is -1.58. The summed E-state index contributed by atoms with van der Waals surface area (Å²) in [6, 6.07) is -1.91. The third kappa shape index (κ3) is 3.20. The van der Waals surface area contributed by atoms with Crippen LogP contribution in [0, 0.1) is 11.8 Å². The number of fused-ring (bicyclic) bond motifs is 3. The molecule has 1 N–H and O–H groups in total. The second-order valence-corrected chi connectivity index (χ2v) is 4.88. The molecular formula is C19H29NO3. The van der Waals surface area contributed by atoms with Crippen LogP contribution in [-0.4, -0.2) is 43.3 Å². The molecule has 0 radical (unpaired) electrons. The molecule has 2 heterocycles. The first-order valence-corrected chi connectivity index (χ1v) is 6.77. The minimum Gasteiger partial charge on any atom is -0.493 e. The van der Waals surface area contributed by atoms with Crippen molar-refractivity contribution in [2.24, 2.45) is 11.8 Å². The number of hydrogen-bond acceptors (Lipinski definition) is 4. The van der Waals surface area contributed by atoms with E-state index in [1.165, 1.54) is 0 Å². The van der Waals surface area contributed by atoms with Gasteiger partial charge in [0.2, 0.25) is 0 Å². The van der Waals surface area contributed by atoms with Crippen molar-refractivity contribution >= 4 is 0 Å². The Morgan fingerprint density at radius 1 is 1.52 bits per heavy atom. The molecule has 3 rings (SSSR count). The number of aliphatic hydroxyl groups is 1. The summed E-state index contributed by atoms with van der Waals surface area (Å²) in [6.07, 6.45) is -16.0. The van der Waals surface area contributed by atoms with Gasteiger partial charge in [0.25, 0.3) is 0 Å². The Labute approximate surface area is 163 Å². The van der Waals surface area contributed by atoms with E-state index in [-0.39, 0.29) is 11.5 Å². The second kappa shape index (κ2) is 6.70. The van der Waals surface area contributed by atoms with Gasteiger partial charge < -0.3 is 14.6 Å². The summed E-state index contributed by atoms with van der Waals surface area (Å²) < 4.78 is 155. The molecule has 4 nitrogen and oxygen atoms in total. The second-order valence-electron chi connectivity index (χ2n) is 4.88. The summed E-state index contributed by atoms with van der Waals surface area (Å²) in [5.74, 6) is -8.36. The summed E-state index contributed by atoms with van der Waals surface area (Å²) >= 11 is 0. The number of aryl methyl sites for hydroxylation is 1. The number of benzene rings is 1. The lowest BCUT2D eigenvalue weighted by molar-refractivity contribution is -0.0191. The number of hydrogen-bond donors (Lipinski definition) is 1. The van der Waals surface area contributed by atoms with Gasteiger partial charge in [-0.2, -0.15) is 0 Å². The number of rotatable bonds is 4. The number of nitrogens with zero attached hydrogens (tertiary/aromatic N) is 1. The molecule has 1 saturated heterocycles. The van der Waals surface area contributed by atoms with Gasteiger partial charge in [-0.15, -0.1) is 0 Å². The first-order chi connectivity index (χ1) is 17.5. The zero-order chi connectivity index (χ0) is 31.7. The molecule has 2 aliphatic rings. The first kappa shape index (κ1) is 5.63. The molecule has 4 heteroatoms. The van der Waals surface area contributed by atoms with Gasteiger partial charge in [0.05, 0.1) is 23.0 Å². The highest BCUT2D eigenvalue weighted by Gasteiger charge is 2.38. The van der Waals surface area contributed by atoms with Crippen LogP contribution in [0.1, 0.15) is 67.0 Å². The van der Waals surface area contributed by atoms with Gasteiger partial charge in [0.15, 0.2) is 11.5 Å². The lowest BCUT2D eigenvalue weighted by atomic mass is 9.79. The van der Waals surface area contributed by atoms with Crippen LogP contribution in [0.4, 0.5) is 0 Å². The fourth-order valence-corrected chi connectivity index (χ4v) is 2.29. The van der Waals surface area contributed by atoms with Gasteiger partial charge in [-0.1, -0.05) is 13.8 Å². The van der Waals surface area contributed by atoms with E-state index in [2.05, 4.69) is 0 Å². The fraction of sp³-hybridized carbons (Fsp3) is 0.684. The van der Waals surface area contributed by atoms with Gasteiger partial charge in [-0.3, -0.25) is 4.90 Å². The molecule has 2 aliphatic heterocycles. The van der Waals surface area contributed by atoms with Gasteiger partial charge >= 0.3 is 0 Å². The number of ether oxygens (including phenoxy) is 2. The molecule has 0 aliphatic carbocycles. The average molecular weight is 337 g/mol. The molecule has 1 fully saturated rings. The molecule has 1 aromatic rings. The molecule has 0 amide bonds. The van der Waals surface area contributed by atoms with Crippen LogP contribution in [-0.2, 0) is 6.37 Å². The van der Waals surface area contributed by atoms with Crippen molar-refractivity contribution < 1.29 is 37.9 Å². The molecule has 0 spiro atoms. The van der Waals surface area contributed by atoms with E-state index in [9.17, 15) is 6.48 Å². The van der Waals surface area contributed by atoms with Crippen molar-refractivity contribution in [3.8, 4) is 11.5 Å². The third-order valence-electron chi connectivity index (χ3n) is 3.31. The highest BCUT2D eigenvalue weighted by Crippen LogP contribution is 2.43. The smallest absolute Gasteiger partial charge is 0.161 e. The summed E-state index contributed by atoms with van der Waals surface area (Å²) in [7, 11) is 2.28. The molecule has 0 aromatic heterocycles. The number of piperidine rings is 1. The molecule has 128 valence electrons. The van der Waals surface area contributed by atoms with Crippen LogP contribution in [0.3, 0.4) is 0 Å². The molecule has 4 atom stereocenters. The Morgan fingerprint density at radius 3 is 2.96 bits per heavy atom. The van der Waals surface area contributed by atoms with Crippen LogP contribution < -0.4 is 9.47 Å². The van der Waals surface area contributed by atoms with Crippen LogP contribution in [0.25, 0.3) is 0 Å². The van der Waals surface area contributed by atoms with Crippen LogP contribution in [0.2, 0.25) is 0 Å².